The van der Waals surface area contributed by atoms with Gasteiger partial charge in [-0.2, -0.15) is 5.26 Å². The quantitative estimate of drug-likeness (QED) is 0.631. The molecular weight excluding hydrogens is 398 g/mol. The van der Waals surface area contributed by atoms with Crippen LogP contribution in [0.3, 0.4) is 0 Å². The second kappa shape index (κ2) is 8.28. The first-order chi connectivity index (χ1) is 15.4. The summed E-state index contributed by atoms with van der Waals surface area (Å²) in [7, 11) is 1.85. The standard InChI is InChI=1S/C27H39N3O2/c1-26-10-8-18(17-32-3)14-19(26)4-5-20-21-6-7-23(27(21,2)11-9-22(20)26)24(31)16-30-13-12-29-25(30)15-28/h12-13,18-23H,4-11,14,16-17H2,1-3H3. The van der Waals surface area contributed by atoms with Gasteiger partial charge in [0.05, 0.1) is 6.54 Å². The first kappa shape index (κ1) is 22.1. The fourth-order valence-corrected chi connectivity index (χ4v) is 9.09. The van der Waals surface area contributed by atoms with E-state index >= 15 is 0 Å². The number of imidazole rings is 1. The summed E-state index contributed by atoms with van der Waals surface area (Å²) in [6, 6.07) is 2.11. The Labute approximate surface area is 192 Å². The molecule has 8 atom stereocenters. The van der Waals surface area contributed by atoms with Crippen LogP contribution in [0, 0.1) is 57.7 Å². The van der Waals surface area contributed by atoms with Crippen LogP contribution >= 0.6 is 0 Å². The molecule has 5 nitrogen and oxygen atoms in total. The molecule has 5 heteroatoms. The normalized spacial score (nSPS) is 43.1. The van der Waals surface area contributed by atoms with E-state index in [-0.39, 0.29) is 11.3 Å². The van der Waals surface area contributed by atoms with Gasteiger partial charge in [-0.25, -0.2) is 4.98 Å². The van der Waals surface area contributed by atoms with Crippen LogP contribution in [0.25, 0.3) is 0 Å². The van der Waals surface area contributed by atoms with Crippen LogP contribution < -0.4 is 0 Å². The molecule has 1 heterocycles. The predicted molar refractivity (Wildman–Crippen MR) is 123 cm³/mol. The van der Waals surface area contributed by atoms with Gasteiger partial charge in [0.2, 0.25) is 5.82 Å². The average molecular weight is 438 g/mol. The zero-order valence-corrected chi connectivity index (χ0v) is 20.1. The Kier molecular flexibility index (Phi) is 5.73. The molecule has 0 radical (unpaired) electrons. The van der Waals surface area contributed by atoms with Gasteiger partial charge in [-0.05, 0) is 98.2 Å². The summed E-state index contributed by atoms with van der Waals surface area (Å²) < 4.78 is 7.23. The van der Waals surface area contributed by atoms with Crippen molar-refractivity contribution in [3.63, 3.8) is 0 Å². The Bertz CT molecular complexity index is 903. The van der Waals surface area contributed by atoms with Crippen LogP contribution in [0.15, 0.2) is 12.4 Å². The molecule has 4 aliphatic carbocycles. The van der Waals surface area contributed by atoms with E-state index in [2.05, 4.69) is 24.9 Å². The van der Waals surface area contributed by atoms with E-state index in [4.69, 9.17) is 4.74 Å². The van der Waals surface area contributed by atoms with Crippen molar-refractivity contribution < 1.29 is 9.53 Å². The van der Waals surface area contributed by atoms with Gasteiger partial charge in [-0.15, -0.1) is 0 Å². The molecule has 0 aromatic carbocycles. The molecule has 0 N–H and O–H groups in total. The van der Waals surface area contributed by atoms with E-state index in [0.717, 1.165) is 36.7 Å². The van der Waals surface area contributed by atoms with E-state index in [1.807, 2.05) is 7.11 Å². The van der Waals surface area contributed by atoms with E-state index in [1.165, 1.54) is 51.4 Å². The first-order valence-electron chi connectivity index (χ1n) is 12.8. The smallest absolute Gasteiger partial charge is 0.213 e. The fraction of sp³-hybridized carbons (Fsp3) is 0.815. The summed E-state index contributed by atoms with van der Waals surface area (Å²) in [6.07, 6.45) is 14.8. The Morgan fingerprint density at radius 1 is 1.16 bits per heavy atom. The Hall–Kier alpha value is -1.67. The van der Waals surface area contributed by atoms with Crippen molar-refractivity contribution in [1.29, 1.82) is 5.26 Å². The summed E-state index contributed by atoms with van der Waals surface area (Å²) in [5.74, 6) is 4.68. The second-order valence-electron chi connectivity index (χ2n) is 11.9. The highest BCUT2D eigenvalue weighted by molar-refractivity contribution is 5.82. The van der Waals surface area contributed by atoms with Crippen molar-refractivity contribution in [2.75, 3.05) is 13.7 Å². The molecule has 5 rings (SSSR count). The maximum absolute atomic E-state index is 13.4. The number of Topliss-reactive ketones (excluding diaryl/α,β-unsaturated/α-hetero) is 1. The lowest BCUT2D eigenvalue weighted by Gasteiger charge is -2.61. The van der Waals surface area contributed by atoms with Crippen molar-refractivity contribution in [2.24, 2.45) is 46.3 Å². The molecule has 1 aromatic rings. The minimum atomic E-state index is 0.127. The van der Waals surface area contributed by atoms with E-state index in [1.54, 1.807) is 17.0 Å². The van der Waals surface area contributed by atoms with Crippen molar-refractivity contribution in [1.82, 2.24) is 9.55 Å². The molecule has 4 fully saturated rings. The molecule has 1 aromatic heterocycles. The number of aromatic nitrogens is 2. The number of carbonyl (C=O) groups excluding carboxylic acids is 1. The number of nitrogens with zero attached hydrogens (tertiary/aromatic N) is 3. The molecule has 0 amide bonds. The lowest BCUT2D eigenvalue weighted by Crippen LogP contribution is -2.54. The Morgan fingerprint density at radius 2 is 1.94 bits per heavy atom. The number of ketones is 1. The van der Waals surface area contributed by atoms with Crippen LogP contribution in [-0.4, -0.2) is 29.1 Å². The zero-order valence-electron chi connectivity index (χ0n) is 20.1. The van der Waals surface area contributed by atoms with Crippen LogP contribution in [0.1, 0.15) is 77.5 Å². The van der Waals surface area contributed by atoms with Crippen LogP contribution in [0.4, 0.5) is 0 Å². The molecule has 8 unspecified atom stereocenters. The molecule has 4 saturated carbocycles. The van der Waals surface area contributed by atoms with Gasteiger partial charge in [0.15, 0.2) is 5.78 Å². The first-order valence-corrected chi connectivity index (χ1v) is 12.8. The van der Waals surface area contributed by atoms with E-state index in [9.17, 15) is 10.1 Å². The molecule has 0 aliphatic heterocycles. The Morgan fingerprint density at radius 3 is 2.72 bits per heavy atom. The number of ether oxygens (including phenoxy) is 1. The van der Waals surface area contributed by atoms with Gasteiger partial charge in [0, 0.05) is 32.0 Å². The number of hydrogen-bond donors (Lipinski definition) is 0. The molecule has 0 saturated heterocycles. The lowest BCUT2D eigenvalue weighted by molar-refractivity contribution is -0.138. The summed E-state index contributed by atoms with van der Waals surface area (Å²) in [5.41, 5.74) is 0.608. The van der Waals surface area contributed by atoms with Gasteiger partial charge in [-0.1, -0.05) is 13.8 Å². The number of methoxy groups -OCH3 is 1. The molecule has 174 valence electrons. The number of fused-ring (bicyclic) bond motifs is 5. The van der Waals surface area contributed by atoms with Gasteiger partial charge < -0.3 is 9.30 Å². The van der Waals surface area contributed by atoms with E-state index in [0.29, 0.717) is 29.5 Å². The third kappa shape index (κ3) is 3.36. The molecular formula is C27H39N3O2. The number of nitriles is 1. The van der Waals surface area contributed by atoms with Crippen molar-refractivity contribution in [3.05, 3.63) is 18.2 Å². The summed E-state index contributed by atoms with van der Waals surface area (Å²) in [4.78, 5) is 17.5. The minimum Gasteiger partial charge on any atom is -0.384 e. The molecule has 0 bridgehead atoms. The largest absolute Gasteiger partial charge is 0.384 e. The molecule has 4 aliphatic rings. The topological polar surface area (TPSA) is 67.9 Å². The molecule has 0 spiro atoms. The predicted octanol–water partition coefficient (Wildman–Crippen LogP) is 5.25. The van der Waals surface area contributed by atoms with Gasteiger partial charge in [0.1, 0.15) is 6.07 Å². The zero-order chi connectivity index (χ0) is 22.5. The third-order valence-corrected chi connectivity index (χ3v) is 10.7. The monoisotopic (exact) mass is 437 g/mol. The fourth-order valence-electron chi connectivity index (χ4n) is 9.09. The number of carbonyl (C=O) groups is 1. The van der Waals surface area contributed by atoms with Crippen molar-refractivity contribution in [2.45, 2.75) is 78.2 Å². The highest BCUT2D eigenvalue weighted by atomic mass is 16.5. The van der Waals surface area contributed by atoms with Gasteiger partial charge in [-0.3, -0.25) is 4.79 Å². The number of hydrogen-bond acceptors (Lipinski definition) is 4. The minimum absolute atomic E-state index is 0.127. The van der Waals surface area contributed by atoms with Crippen LogP contribution in [-0.2, 0) is 16.1 Å². The maximum Gasteiger partial charge on any atom is 0.213 e. The summed E-state index contributed by atoms with van der Waals surface area (Å²) in [6.45, 7) is 6.26. The number of rotatable bonds is 5. The van der Waals surface area contributed by atoms with Gasteiger partial charge in [0.25, 0.3) is 0 Å². The third-order valence-electron chi connectivity index (χ3n) is 10.7. The average Bonchev–Trinajstić information content (AvgIpc) is 3.37. The van der Waals surface area contributed by atoms with E-state index < -0.39 is 0 Å². The summed E-state index contributed by atoms with van der Waals surface area (Å²) >= 11 is 0. The lowest BCUT2D eigenvalue weighted by atomic mass is 9.44. The SMILES string of the molecule is COCC1CCC2(C)C(CCC3C2CCC2(C)C(C(=O)Cn4ccnc4C#N)CCC32)C1. The maximum atomic E-state index is 13.4. The van der Waals surface area contributed by atoms with Crippen LogP contribution in [0.5, 0.6) is 0 Å². The highest BCUT2D eigenvalue weighted by Gasteiger charge is 2.61. The highest BCUT2D eigenvalue weighted by Crippen LogP contribution is 2.67. The Balaban J connectivity index is 1.32. The van der Waals surface area contributed by atoms with Crippen molar-refractivity contribution >= 4 is 5.78 Å². The van der Waals surface area contributed by atoms with Crippen LogP contribution in [0.2, 0.25) is 0 Å². The summed E-state index contributed by atoms with van der Waals surface area (Å²) in [5, 5.41) is 9.27. The van der Waals surface area contributed by atoms with Crippen molar-refractivity contribution in [3.8, 4) is 6.07 Å². The van der Waals surface area contributed by atoms with Gasteiger partial charge >= 0.3 is 0 Å². The second-order valence-corrected chi connectivity index (χ2v) is 11.9. The molecule has 32 heavy (non-hydrogen) atoms.